The van der Waals surface area contributed by atoms with Gasteiger partial charge in [0, 0.05) is 32.2 Å². The Kier molecular flexibility index (Phi) is 4.70. The predicted octanol–water partition coefficient (Wildman–Crippen LogP) is 2.52. The Hall–Kier alpha value is -1.49. The van der Waals surface area contributed by atoms with Crippen molar-refractivity contribution in [1.29, 1.82) is 0 Å². The van der Waals surface area contributed by atoms with E-state index in [4.69, 9.17) is 0 Å². The van der Waals surface area contributed by atoms with E-state index in [2.05, 4.69) is 18.7 Å². The van der Waals surface area contributed by atoms with Crippen LogP contribution in [-0.2, 0) is 0 Å². The van der Waals surface area contributed by atoms with Crippen LogP contribution in [-0.4, -0.2) is 47.9 Å². The minimum atomic E-state index is -1.05. The van der Waals surface area contributed by atoms with Crippen LogP contribution in [0.15, 0.2) is 18.2 Å². The molecular formula is C15H20F2N2O. The molecule has 0 spiro atoms. The Morgan fingerprint density at radius 3 is 2.50 bits per heavy atom. The number of hydrogen-bond acceptors (Lipinski definition) is 2. The lowest BCUT2D eigenvalue weighted by atomic mass is 10.1. The lowest BCUT2D eigenvalue weighted by Crippen LogP contribution is -2.51. The molecule has 1 fully saturated rings. The molecule has 0 bridgehead atoms. The van der Waals surface area contributed by atoms with Crippen molar-refractivity contribution in [1.82, 2.24) is 9.80 Å². The highest BCUT2D eigenvalue weighted by molar-refractivity contribution is 5.94. The van der Waals surface area contributed by atoms with Crippen LogP contribution in [0.3, 0.4) is 0 Å². The summed E-state index contributed by atoms with van der Waals surface area (Å²) >= 11 is 0. The second kappa shape index (κ2) is 6.31. The summed E-state index contributed by atoms with van der Waals surface area (Å²) in [4.78, 5) is 16.1. The number of halogens is 2. The minimum Gasteiger partial charge on any atom is -0.336 e. The number of rotatable bonds is 3. The van der Waals surface area contributed by atoms with Gasteiger partial charge in [-0.05, 0) is 25.5 Å². The van der Waals surface area contributed by atoms with Crippen molar-refractivity contribution < 1.29 is 13.6 Å². The van der Waals surface area contributed by atoms with Crippen LogP contribution in [0.4, 0.5) is 8.78 Å². The van der Waals surface area contributed by atoms with Gasteiger partial charge in [0.25, 0.3) is 5.91 Å². The molecule has 2 rings (SSSR count). The standard InChI is InChI=1S/C15H20F2N2O/c1-3-11(2)18-7-9-19(10-8-18)15(20)12-5-4-6-13(16)14(12)17/h4-6,11H,3,7-10H2,1-2H3. The number of amides is 1. The van der Waals surface area contributed by atoms with Gasteiger partial charge >= 0.3 is 0 Å². The third-order valence-electron chi connectivity index (χ3n) is 4.00. The van der Waals surface area contributed by atoms with E-state index >= 15 is 0 Å². The number of benzene rings is 1. The van der Waals surface area contributed by atoms with E-state index in [0.717, 1.165) is 25.6 Å². The molecule has 1 aromatic rings. The fraction of sp³-hybridized carbons (Fsp3) is 0.533. The molecule has 1 amide bonds. The number of piperazine rings is 1. The van der Waals surface area contributed by atoms with Gasteiger partial charge in [-0.1, -0.05) is 13.0 Å². The minimum absolute atomic E-state index is 0.179. The van der Waals surface area contributed by atoms with Gasteiger partial charge < -0.3 is 4.90 Å². The third kappa shape index (κ3) is 2.98. The summed E-state index contributed by atoms with van der Waals surface area (Å²) in [6.45, 7) is 6.95. The van der Waals surface area contributed by atoms with Crippen LogP contribution in [0.5, 0.6) is 0 Å². The molecule has 0 radical (unpaired) electrons. The zero-order valence-electron chi connectivity index (χ0n) is 11.9. The summed E-state index contributed by atoms with van der Waals surface area (Å²) in [5.41, 5.74) is -0.179. The van der Waals surface area contributed by atoms with E-state index < -0.39 is 17.5 Å². The Balaban J connectivity index is 2.03. The second-order valence-corrected chi connectivity index (χ2v) is 5.19. The van der Waals surface area contributed by atoms with E-state index in [0.29, 0.717) is 19.1 Å². The zero-order valence-corrected chi connectivity index (χ0v) is 11.9. The van der Waals surface area contributed by atoms with Crippen molar-refractivity contribution in [2.45, 2.75) is 26.3 Å². The van der Waals surface area contributed by atoms with Crippen molar-refractivity contribution >= 4 is 5.91 Å². The maximum absolute atomic E-state index is 13.6. The molecule has 1 heterocycles. The van der Waals surface area contributed by atoms with Gasteiger partial charge in [0.05, 0.1) is 5.56 Å². The van der Waals surface area contributed by atoms with Gasteiger partial charge in [-0.25, -0.2) is 8.78 Å². The van der Waals surface area contributed by atoms with Gasteiger partial charge in [0.1, 0.15) is 0 Å². The molecule has 1 aliphatic rings. The van der Waals surface area contributed by atoms with Gasteiger partial charge in [0.15, 0.2) is 11.6 Å². The zero-order chi connectivity index (χ0) is 14.7. The molecule has 5 heteroatoms. The quantitative estimate of drug-likeness (QED) is 0.850. The number of carbonyl (C=O) groups is 1. The van der Waals surface area contributed by atoms with Crippen LogP contribution in [0.25, 0.3) is 0 Å². The fourth-order valence-electron chi connectivity index (χ4n) is 2.46. The van der Waals surface area contributed by atoms with Gasteiger partial charge in [0.2, 0.25) is 0 Å². The Morgan fingerprint density at radius 1 is 1.25 bits per heavy atom. The molecule has 0 aliphatic carbocycles. The van der Waals surface area contributed by atoms with Crippen molar-refractivity contribution in [3.05, 3.63) is 35.4 Å². The molecule has 1 aromatic carbocycles. The normalized spacial score (nSPS) is 18.1. The van der Waals surface area contributed by atoms with Crippen molar-refractivity contribution in [3.8, 4) is 0 Å². The summed E-state index contributed by atoms with van der Waals surface area (Å²) in [6.07, 6.45) is 1.06. The third-order valence-corrected chi connectivity index (χ3v) is 4.00. The van der Waals surface area contributed by atoms with Crippen LogP contribution in [0.2, 0.25) is 0 Å². The molecule has 20 heavy (non-hydrogen) atoms. The van der Waals surface area contributed by atoms with Crippen LogP contribution in [0, 0.1) is 11.6 Å². The first kappa shape index (κ1) is 14.9. The second-order valence-electron chi connectivity index (χ2n) is 5.19. The molecule has 1 atom stereocenters. The fourth-order valence-corrected chi connectivity index (χ4v) is 2.46. The van der Waals surface area contributed by atoms with Crippen LogP contribution in [0.1, 0.15) is 30.6 Å². The SMILES string of the molecule is CCC(C)N1CCN(C(=O)c2cccc(F)c2F)CC1. The molecule has 0 aromatic heterocycles. The van der Waals surface area contributed by atoms with E-state index in [1.54, 1.807) is 4.90 Å². The Labute approximate surface area is 118 Å². The number of hydrogen-bond donors (Lipinski definition) is 0. The first-order chi connectivity index (χ1) is 9.54. The lowest BCUT2D eigenvalue weighted by Gasteiger charge is -2.37. The number of nitrogens with zero attached hydrogens (tertiary/aromatic N) is 2. The largest absolute Gasteiger partial charge is 0.336 e. The molecular weight excluding hydrogens is 262 g/mol. The van der Waals surface area contributed by atoms with E-state index in [-0.39, 0.29) is 5.56 Å². The summed E-state index contributed by atoms with van der Waals surface area (Å²) in [5.74, 6) is -2.46. The van der Waals surface area contributed by atoms with E-state index in [9.17, 15) is 13.6 Å². The summed E-state index contributed by atoms with van der Waals surface area (Å²) in [6, 6.07) is 4.20. The summed E-state index contributed by atoms with van der Waals surface area (Å²) in [7, 11) is 0. The highest BCUT2D eigenvalue weighted by atomic mass is 19.2. The lowest BCUT2D eigenvalue weighted by molar-refractivity contribution is 0.0574. The van der Waals surface area contributed by atoms with Crippen molar-refractivity contribution in [2.75, 3.05) is 26.2 Å². The number of carbonyl (C=O) groups excluding carboxylic acids is 1. The highest BCUT2D eigenvalue weighted by Gasteiger charge is 2.26. The van der Waals surface area contributed by atoms with Gasteiger partial charge in [-0.3, -0.25) is 9.69 Å². The van der Waals surface area contributed by atoms with Crippen molar-refractivity contribution in [2.24, 2.45) is 0 Å². The predicted molar refractivity (Wildman–Crippen MR) is 73.6 cm³/mol. The molecule has 1 saturated heterocycles. The molecule has 3 nitrogen and oxygen atoms in total. The van der Waals surface area contributed by atoms with Crippen LogP contribution >= 0.6 is 0 Å². The first-order valence-corrected chi connectivity index (χ1v) is 7.02. The monoisotopic (exact) mass is 282 g/mol. The molecule has 110 valence electrons. The van der Waals surface area contributed by atoms with E-state index in [1.165, 1.54) is 12.1 Å². The topological polar surface area (TPSA) is 23.6 Å². The maximum Gasteiger partial charge on any atom is 0.257 e. The summed E-state index contributed by atoms with van der Waals surface area (Å²) < 4.78 is 26.8. The average Bonchev–Trinajstić information content (AvgIpc) is 2.48. The Bertz CT molecular complexity index is 485. The van der Waals surface area contributed by atoms with Crippen molar-refractivity contribution in [3.63, 3.8) is 0 Å². The van der Waals surface area contributed by atoms with Gasteiger partial charge in [-0.2, -0.15) is 0 Å². The van der Waals surface area contributed by atoms with E-state index in [1.807, 2.05) is 0 Å². The first-order valence-electron chi connectivity index (χ1n) is 7.02. The molecule has 0 N–H and O–H groups in total. The Morgan fingerprint density at radius 2 is 1.90 bits per heavy atom. The maximum atomic E-state index is 13.6. The highest BCUT2D eigenvalue weighted by Crippen LogP contribution is 2.16. The molecule has 1 aliphatic heterocycles. The smallest absolute Gasteiger partial charge is 0.257 e. The molecule has 1 unspecified atom stereocenters. The average molecular weight is 282 g/mol. The summed E-state index contributed by atoms with van der Waals surface area (Å²) in [5, 5.41) is 0. The van der Waals surface area contributed by atoms with Crippen LogP contribution < -0.4 is 0 Å². The molecule has 0 saturated carbocycles. The van der Waals surface area contributed by atoms with Gasteiger partial charge in [-0.15, -0.1) is 0 Å².